The molecule has 0 bridgehead atoms. The summed E-state index contributed by atoms with van der Waals surface area (Å²) in [5.74, 6) is 2.02. The molecule has 12 nitrogen and oxygen atoms in total. The van der Waals surface area contributed by atoms with E-state index in [1.807, 2.05) is 18.1 Å². The molecule has 2 fully saturated rings. The van der Waals surface area contributed by atoms with Gasteiger partial charge in [-0.05, 0) is 52.7 Å². The number of methoxy groups -OCH3 is 1. The van der Waals surface area contributed by atoms with Crippen molar-refractivity contribution in [1.82, 2.24) is 40.0 Å². The van der Waals surface area contributed by atoms with Crippen LogP contribution >= 0.6 is 0 Å². The molecule has 4 rings (SSSR count). The van der Waals surface area contributed by atoms with Gasteiger partial charge >= 0.3 is 0 Å². The molecule has 2 aromatic rings. The summed E-state index contributed by atoms with van der Waals surface area (Å²) in [4.78, 5) is 40.9. The summed E-state index contributed by atoms with van der Waals surface area (Å²) < 4.78 is 6.79. The van der Waals surface area contributed by atoms with Crippen molar-refractivity contribution in [2.24, 2.45) is 11.8 Å². The fourth-order valence-corrected chi connectivity index (χ4v) is 5.83. The Hall–Kier alpha value is -3.09. The van der Waals surface area contributed by atoms with Crippen molar-refractivity contribution >= 4 is 23.4 Å². The van der Waals surface area contributed by atoms with E-state index in [0.29, 0.717) is 38.4 Å². The lowest BCUT2D eigenvalue weighted by Crippen LogP contribution is -2.50. The van der Waals surface area contributed by atoms with E-state index in [1.165, 1.54) is 20.0 Å². The molecule has 2 saturated heterocycles. The number of fused-ring (bicyclic) bond motifs is 1. The molecule has 0 aromatic carbocycles. The molecular weight excluding hydrogens is 582 g/mol. The van der Waals surface area contributed by atoms with Crippen LogP contribution in [0.4, 0.5) is 5.82 Å². The second-order valence-electron chi connectivity index (χ2n) is 12.9. The molecule has 12 heteroatoms. The van der Waals surface area contributed by atoms with Crippen LogP contribution in [-0.2, 0) is 20.7 Å². The topological polar surface area (TPSA) is 120 Å². The number of likely N-dealkylation sites (N-methyl/N-ethyl adjacent to an activating group) is 1. The van der Waals surface area contributed by atoms with Crippen LogP contribution in [0.15, 0.2) is 18.3 Å². The molecule has 3 atom stereocenters. The Morgan fingerprint density at radius 2 is 1.93 bits per heavy atom. The predicted molar refractivity (Wildman–Crippen MR) is 184 cm³/mol. The van der Waals surface area contributed by atoms with Gasteiger partial charge in [-0.1, -0.05) is 52.2 Å². The van der Waals surface area contributed by atoms with E-state index < -0.39 is 0 Å². The van der Waals surface area contributed by atoms with E-state index >= 15 is 0 Å². The maximum Gasteiger partial charge on any atom is 0.252 e. The van der Waals surface area contributed by atoms with E-state index in [2.05, 4.69) is 67.5 Å². The third-order valence-corrected chi connectivity index (χ3v) is 8.88. The number of nitrogens with one attached hydrogen (secondary N) is 2. The summed E-state index contributed by atoms with van der Waals surface area (Å²) in [6.45, 7) is 11.1. The van der Waals surface area contributed by atoms with Crippen LogP contribution in [0.2, 0.25) is 0 Å². The maximum atomic E-state index is 12.6. The van der Waals surface area contributed by atoms with Crippen molar-refractivity contribution < 1.29 is 14.3 Å². The molecule has 0 spiro atoms. The SMILES string of the molecule is CC/C=C/CN(C)C.CCC(C)CCCC(NC)c1cn2nc(CC3CCCNC3=O)c(N3CCN(C(=O)COC)CC3)nc2n1. The molecule has 258 valence electrons. The molecule has 0 saturated carbocycles. The number of ether oxygens (including phenoxy) is 1. The number of rotatable bonds is 15. The molecule has 2 aliphatic heterocycles. The number of anilines is 1. The van der Waals surface area contributed by atoms with Crippen molar-refractivity contribution in [2.75, 3.05) is 79.0 Å². The monoisotopic (exact) mass is 641 g/mol. The molecule has 2 amide bonds. The number of aromatic nitrogens is 4. The number of hydrogen-bond acceptors (Lipinski definition) is 9. The third-order valence-electron chi connectivity index (χ3n) is 8.88. The minimum absolute atomic E-state index is 0.00266. The van der Waals surface area contributed by atoms with E-state index in [9.17, 15) is 9.59 Å². The molecular formula is C34H59N9O3. The zero-order chi connectivity index (χ0) is 33.5. The average molecular weight is 642 g/mol. The molecule has 0 radical (unpaired) electrons. The Labute approximate surface area is 276 Å². The number of amides is 2. The lowest BCUT2D eigenvalue weighted by molar-refractivity contribution is -0.135. The number of piperidine rings is 1. The first-order valence-corrected chi connectivity index (χ1v) is 17.2. The second kappa shape index (κ2) is 19.5. The van der Waals surface area contributed by atoms with Gasteiger partial charge in [0.1, 0.15) is 12.3 Å². The highest BCUT2D eigenvalue weighted by molar-refractivity contribution is 5.80. The molecule has 2 aromatic heterocycles. The van der Waals surface area contributed by atoms with Crippen molar-refractivity contribution in [2.45, 2.75) is 78.2 Å². The zero-order valence-corrected chi connectivity index (χ0v) is 29.4. The summed E-state index contributed by atoms with van der Waals surface area (Å²) in [6.07, 6.45) is 14.4. The van der Waals surface area contributed by atoms with Crippen LogP contribution in [0.25, 0.3) is 5.78 Å². The lowest BCUT2D eigenvalue weighted by Gasteiger charge is -2.36. The number of imidazole rings is 1. The van der Waals surface area contributed by atoms with Crippen molar-refractivity contribution in [3.63, 3.8) is 0 Å². The van der Waals surface area contributed by atoms with Gasteiger partial charge < -0.3 is 30.1 Å². The van der Waals surface area contributed by atoms with Crippen LogP contribution in [0.1, 0.15) is 83.1 Å². The smallest absolute Gasteiger partial charge is 0.252 e. The Morgan fingerprint density at radius 3 is 2.57 bits per heavy atom. The first-order chi connectivity index (χ1) is 22.2. The summed E-state index contributed by atoms with van der Waals surface area (Å²) in [5.41, 5.74) is 1.74. The number of hydrogen-bond donors (Lipinski definition) is 2. The van der Waals surface area contributed by atoms with E-state index in [-0.39, 0.29) is 30.4 Å². The van der Waals surface area contributed by atoms with E-state index in [4.69, 9.17) is 19.8 Å². The van der Waals surface area contributed by atoms with Gasteiger partial charge in [0.25, 0.3) is 5.78 Å². The first kappa shape index (κ1) is 37.4. The molecule has 0 aliphatic carbocycles. The van der Waals surface area contributed by atoms with Crippen LogP contribution in [0.3, 0.4) is 0 Å². The largest absolute Gasteiger partial charge is 0.375 e. The van der Waals surface area contributed by atoms with E-state index in [1.54, 1.807) is 4.52 Å². The quantitative estimate of drug-likeness (QED) is 0.282. The number of nitrogens with zero attached hydrogens (tertiary/aromatic N) is 7. The van der Waals surface area contributed by atoms with Crippen molar-refractivity contribution in [3.8, 4) is 0 Å². The maximum absolute atomic E-state index is 12.6. The lowest BCUT2D eigenvalue weighted by atomic mass is 9.93. The molecule has 46 heavy (non-hydrogen) atoms. The summed E-state index contributed by atoms with van der Waals surface area (Å²) in [5, 5.41) is 11.4. The normalized spacial score (nSPS) is 18.5. The van der Waals surface area contributed by atoms with Crippen molar-refractivity contribution in [1.29, 1.82) is 0 Å². The predicted octanol–water partition coefficient (Wildman–Crippen LogP) is 3.48. The highest BCUT2D eigenvalue weighted by atomic mass is 16.5. The Bertz CT molecular complexity index is 1240. The fraction of sp³-hybridized carbons (Fsp3) is 0.735. The van der Waals surface area contributed by atoms with Gasteiger partial charge in [-0.3, -0.25) is 9.59 Å². The molecule has 2 N–H and O–H groups in total. The summed E-state index contributed by atoms with van der Waals surface area (Å²) in [6, 6.07) is 0.133. The van der Waals surface area contributed by atoms with Gasteiger partial charge in [0.2, 0.25) is 11.8 Å². The molecule has 4 heterocycles. The van der Waals surface area contributed by atoms with Gasteiger partial charge in [0, 0.05) is 58.7 Å². The van der Waals surface area contributed by atoms with Gasteiger partial charge in [-0.2, -0.15) is 10.1 Å². The third kappa shape index (κ3) is 11.3. The van der Waals surface area contributed by atoms with Gasteiger partial charge in [0.15, 0.2) is 5.82 Å². The number of carbonyl (C=O) groups excluding carboxylic acids is 2. The minimum atomic E-state index is -0.118. The molecule has 3 unspecified atom stereocenters. The fourth-order valence-electron chi connectivity index (χ4n) is 5.83. The number of allylic oxidation sites excluding steroid dienone is 1. The highest BCUT2D eigenvalue weighted by Gasteiger charge is 2.29. The Balaban J connectivity index is 0.000000637. The minimum Gasteiger partial charge on any atom is -0.375 e. The first-order valence-electron chi connectivity index (χ1n) is 17.2. The zero-order valence-electron chi connectivity index (χ0n) is 29.4. The highest BCUT2D eigenvalue weighted by Crippen LogP contribution is 2.26. The second-order valence-corrected chi connectivity index (χ2v) is 12.9. The number of carbonyl (C=O) groups is 2. The van der Waals surface area contributed by atoms with Gasteiger partial charge in [0.05, 0.1) is 17.9 Å². The Kier molecular flexibility index (Phi) is 15.9. The standard InChI is InChI=1S/C27H44N8O3.C7H15N/c1-5-19(2)8-6-10-21(28-3)23-17-35-27(30-23)31-25(22(32-35)16-20-9-7-11-29-26(20)37)34-14-12-33(13-15-34)24(36)18-38-4;1-4-5-6-7-8(2)3/h17,19-21,28H,5-16,18H2,1-4H3,(H,29,37);5-6H,4,7H2,1-3H3/b;6-5+. The summed E-state index contributed by atoms with van der Waals surface area (Å²) >= 11 is 0. The average Bonchev–Trinajstić information content (AvgIpc) is 3.47. The molecule has 2 aliphatic rings. The van der Waals surface area contributed by atoms with E-state index in [0.717, 1.165) is 68.3 Å². The van der Waals surface area contributed by atoms with Crippen molar-refractivity contribution in [3.05, 3.63) is 29.7 Å². The van der Waals surface area contributed by atoms with Crippen LogP contribution in [0.5, 0.6) is 0 Å². The Morgan fingerprint density at radius 1 is 1.17 bits per heavy atom. The number of piperazine rings is 1. The van der Waals surface area contributed by atoms with Crippen LogP contribution in [-0.4, -0.2) is 115 Å². The summed E-state index contributed by atoms with van der Waals surface area (Å²) in [7, 11) is 7.65. The van der Waals surface area contributed by atoms with Gasteiger partial charge in [-0.25, -0.2) is 9.50 Å². The van der Waals surface area contributed by atoms with Crippen LogP contribution in [0, 0.1) is 11.8 Å². The van der Waals surface area contributed by atoms with Gasteiger partial charge in [-0.15, -0.1) is 0 Å². The van der Waals surface area contributed by atoms with Crippen LogP contribution < -0.4 is 15.5 Å².